The van der Waals surface area contributed by atoms with Crippen molar-refractivity contribution in [1.29, 1.82) is 0 Å². The quantitative estimate of drug-likeness (QED) is 0.0843. The van der Waals surface area contributed by atoms with Crippen molar-refractivity contribution in [2.24, 2.45) is 5.92 Å². The van der Waals surface area contributed by atoms with E-state index in [9.17, 15) is 0 Å². The average molecular weight is 476 g/mol. The summed E-state index contributed by atoms with van der Waals surface area (Å²) in [5, 5.41) is 0. The van der Waals surface area contributed by atoms with E-state index in [1.54, 1.807) is 0 Å². The first-order valence-corrected chi connectivity index (χ1v) is 15.6. The Kier molecular flexibility index (Phi) is 28.2. The van der Waals surface area contributed by atoms with Gasteiger partial charge in [-0.05, 0) is 65.1 Å². The van der Waals surface area contributed by atoms with E-state index in [0.29, 0.717) is 0 Å². The van der Waals surface area contributed by atoms with Gasteiger partial charge in [0, 0.05) is 0 Å². The Bertz CT molecular complexity index is 422. The Morgan fingerprint density at radius 2 is 0.882 bits per heavy atom. The van der Waals surface area contributed by atoms with Crippen molar-refractivity contribution < 1.29 is 0 Å². The van der Waals surface area contributed by atoms with Crippen LogP contribution in [0.4, 0.5) is 0 Å². The second-order valence-corrected chi connectivity index (χ2v) is 11.1. The molecule has 0 spiro atoms. The molecule has 1 heteroatoms. The topological polar surface area (TPSA) is 3.24 Å². The van der Waals surface area contributed by atoms with Crippen LogP contribution in [0.3, 0.4) is 0 Å². The molecule has 0 saturated heterocycles. The molecule has 0 aromatic carbocycles. The van der Waals surface area contributed by atoms with E-state index in [1.165, 1.54) is 148 Å². The van der Waals surface area contributed by atoms with E-state index < -0.39 is 0 Å². The van der Waals surface area contributed by atoms with E-state index in [0.717, 1.165) is 12.3 Å². The molecule has 0 aromatic heterocycles. The van der Waals surface area contributed by atoms with Crippen LogP contribution in [0.15, 0.2) is 24.3 Å². The molecule has 34 heavy (non-hydrogen) atoms. The molecule has 0 bridgehead atoms. The molecule has 0 aromatic rings. The van der Waals surface area contributed by atoms with Crippen LogP contribution in [-0.4, -0.2) is 25.5 Å². The van der Waals surface area contributed by atoms with Crippen LogP contribution >= 0.6 is 0 Å². The summed E-state index contributed by atoms with van der Waals surface area (Å²) in [5.74, 6) is 0.969. The van der Waals surface area contributed by atoms with Crippen molar-refractivity contribution in [3.05, 3.63) is 24.3 Å². The molecule has 202 valence electrons. The highest BCUT2D eigenvalue weighted by atomic mass is 15.0. The van der Waals surface area contributed by atoms with E-state index in [4.69, 9.17) is 0 Å². The summed E-state index contributed by atoms with van der Waals surface area (Å²) in [6.07, 6.45) is 41.7. The number of allylic oxidation sites excluding steroid dienone is 4. The van der Waals surface area contributed by atoms with Gasteiger partial charge in [-0.15, -0.1) is 0 Å². The fourth-order valence-corrected chi connectivity index (χ4v) is 4.86. The first-order valence-electron chi connectivity index (χ1n) is 15.6. The van der Waals surface area contributed by atoms with Gasteiger partial charge in [-0.1, -0.05) is 147 Å². The number of rotatable bonds is 27. The predicted molar refractivity (Wildman–Crippen MR) is 158 cm³/mol. The molecule has 1 nitrogen and oxygen atoms in total. The number of nitrogens with zero attached hydrogens (tertiary/aromatic N) is 1. The lowest BCUT2D eigenvalue weighted by atomic mass is 9.91. The van der Waals surface area contributed by atoms with Gasteiger partial charge in [0.15, 0.2) is 0 Å². The standard InChI is InChI=1S/C33H65N/c1-5-7-9-11-13-14-15-16-17-18-19-20-21-22-24-26-28-30-33(31-32-34(3)4)29-27-25-23-12-10-8-6-2/h13-14,16-17,33H,5-12,15,18-32H2,1-4H3. The molecule has 0 aliphatic rings. The van der Waals surface area contributed by atoms with Crippen LogP contribution in [-0.2, 0) is 0 Å². The smallest absolute Gasteiger partial charge is 0.00222 e. The maximum Gasteiger partial charge on any atom is -0.00222 e. The third kappa shape index (κ3) is 27.7. The summed E-state index contributed by atoms with van der Waals surface area (Å²) in [6.45, 7) is 5.85. The molecule has 0 amide bonds. The Morgan fingerprint density at radius 3 is 1.38 bits per heavy atom. The summed E-state index contributed by atoms with van der Waals surface area (Å²) in [4.78, 5) is 2.37. The van der Waals surface area contributed by atoms with Crippen LogP contribution in [0.1, 0.15) is 162 Å². The minimum absolute atomic E-state index is 0.969. The maximum atomic E-state index is 2.40. The van der Waals surface area contributed by atoms with Crippen LogP contribution in [0.25, 0.3) is 0 Å². The van der Waals surface area contributed by atoms with Gasteiger partial charge in [0.05, 0.1) is 0 Å². The zero-order chi connectivity index (χ0) is 25.0. The molecule has 0 heterocycles. The van der Waals surface area contributed by atoms with Crippen molar-refractivity contribution >= 4 is 0 Å². The molecule has 0 N–H and O–H groups in total. The van der Waals surface area contributed by atoms with Gasteiger partial charge in [0.2, 0.25) is 0 Å². The molecule has 0 aliphatic heterocycles. The molecule has 0 radical (unpaired) electrons. The average Bonchev–Trinajstić information content (AvgIpc) is 2.83. The molecule has 0 fully saturated rings. The number of unbranched alkanes of at least 4 members (excludes halogenated alkanes) is 16. The minimum Gasteiger partial charge on any atom is -0.309 e. The van der Waals surface area contributed by atoms with Crippen LogP contribution < -0.4 is 0 Å². The van der Waals surface area contributed by atoms with Crippen molar-refractivity contribution in [1.82, 2.24) is 4.90 Å². The van der Waals surface area contributed by atoms with E-state index >= 15 is 0 Å². The fourth-order valence-electron chi connectivity index (χ4n) is 4.86. The van der Waals surface area contributed by atoms with Crippen LogP contribution in [0.5, 0.6) is 0 Å². The zero-order valence-corrected chi connectivity index (χ0v) is 24.3. The SMILES string of the molecule is CCCCCC=CCC=CCCCCCCCCCC(CCCCCCCCC)CCN(C)C. The second kappa shape index (κ2) is 28.7. The van der Waals surface area contributed by atoms with Crippen molar-refractivity contribution in [3.8, 4) is 0 Å². The highest BCUT2D eigenvalue weighted by molar-refractivity contribution is 4.92. The summed E-state index contributed by atoms with van der Waals surface area (Å²) in [5.41, 5.74) is 0. The highest BCUT2D eigenvalue weighted by Gasteiger charge is 2.09. The fraction of sp³-hybridized carbons (Fsp3) is 0.879. The van der Waals surface area contributed by atoms with Crippen molar-refractivity contribution in [2.45, 2.75) is 162 Å². The Hall–Kier alpha value is -0.560. The van der Waals surface area contributed by atoms with Gasteiger partial charge >= 0.3 is 0 Å². The molecular formula is C33H65N. The first-order chi connectivity index (χ1) is 16.7. The highest BCUT2D eigenvalue weighted by Crippen LogP contribution is 2.22. The third-order valence-corrected chi connectivity index (χ3v) is 7.26. The lowest BCUT2D eigenvalue weighted by Gasteiger charge is -2.19. The molecule has 0 saturated carbocycles. The van der Waals surface area contributed by atoms with Gasteiger partial charge in [-0.25, -0.2) is 0 Å². The van der Waals surface area contributed by atoms with E-state index in [1.807, 2.05) is 0 Å². The minimum atomic E-state index is 0.969. The van der Waals surface area contributed by atoms with Gasteiger partial charge in [0.1, 0.15) is 0 Å². The Labute approximate surface area is 217 Å². The number of hydrogen-bond acceptors (Lipinski definition) is 1. The second-order valence-electron chi connectivity index (χ2n) is 11.1. The van der Waals surface area contributed by atoms with Crippen LogP contribution in [0.2, 0.25) is 0 Å². The molecule has 0 aliphatic carbocycles. The van der Waals surface area contributed by atoms with Gasteiger partial charge in [-0.3, -0.25) is 0 Å². The van der Waals surface area contributed by atoms with E-state index in [-0.39, 0.29) is 0 Å². The molecule has 0 rings (SSSR count). The first kappa shape index (κ1) is 33.4. The largest absolute Gasteiger partial charge is 0.309 e. The lowest BCUT2D eigenvalue weighted by Crippen LogP contribution is -2.17. The molecule has 1 atom stereocenters. The summed E-state index contributed by atoms with van der Waals surface area (Å²) in [7, 11) is 4.46. The molecular weight excluding hydrogens is 410 g/mol. The zero-order valence-electron chi connectivity index (χ0n) is 24.3. The normalized spacial score (nSPS) is 13.1. The maximum absolute atomic E-state index is 2.40. The summed E-state index contributed by atoms with van der Waals surface area (Å²) in [6, 6.07) is 0. The van der Waals surface area contributed by atoms with Crippen molar-refractivity contribution in [3.63, 3.8) is 0 Å². The van der Waals surface area contributed by atoms with E-state index in [2.05, 4.69) is 57.1 Å². The third-order valence-electron chi connectivity index (χ3n) is 7.26. The van der Waals surface area contributed by atoms with Crippen LogP contribution in [0, 0.1) is 5.92 Å². The van der Waals surface area contributed by atoms with Gasteiger partial charge in [0.25, 0.3) is 0 Å². The Morgan fingerprint density at radius 1 is 0.471 bits per heavy atom. The summed E-state index contributed by atoms with van der Waals surface area (Å²) < 4.78 is 0. The predicted octanol–water partition coefficient (Wildman–Crippen LogP) is 11.3. The molecule has 1 unspecified atom stereocenters. The summed E-state index contributed by atoms with van der Waals surface area (Å²) >= 11 is 0. The Balaban J connectivity index is 3.61. The number of hydrogen-bond donors (Lipinski definition) is 0. The lowest BCUT2D eigenvalue weighted by molar-refractivity contribution is 0.314. The van der Waals surface area contributed by atoms with Gasteiger partial charge in [-0.2, -0.15) is 0 Å². The van der Waals surface area contributed by atoms with Crippen molar-refractivity contribution in [2.75, 3.05) is 20.6 Å². The monoisotopic (exact) mass is 476 g/mol. The van der Waals surface area contributed by atoms with Gasteiger partial charge < -0.3 is 4.90 Å².